The summed E-state index contributed by atoms with van der Waals surface area (Å²) < 4.78 is 0. The van der Waals surface area contributed by atoms with E-state index in [-0.39, 0.29) is 12.1 Å². The first-order valence-corrected chi connectivity index (χ1v) is 5.95. The van der Waals surface area contributed by atoms with E-state index < -0.39 is 0 Å². The molecular weight excluding hydrogens is 214 g/mol. The molecular formula is C13H17N3O. The number of aliphatic hydroxyl groups excluding tert-OH is 1. The Morgan fingerprint density at radius 2 is 2.24 bits per heavy atom. The van der Waals surface area contributed by atoms with Gasteiger partial charge in [0.15, 0.2) is 0 Å². The van der Waals surface area contributed by atoms with Crippen molar-refractivity contribution in [3.63, 3.8) is 0 Å². The summed E-state index contributed by atoms with van der Waals surface area (Å²) in [6.07, 6.45) is 5.79. The zero-order valence-electron chi connectivity index (χ0n) is 10.0. The molecule has 2 N–H and O–H groups in total. The second-order valence-corrected chi connectivity index (χ2v) is 4.73. The number of aliphatic hydroxyl groups is 1. The number of nitriles is 1. The maximum absolute atomic E-state index is 9.54. The number of nitrogens with zero attached hydrogens (tertiary/aromatic N) is 2. The number of rotatable bonds is 3. The molecule has 0 amide bonds. The summed E-state index contributed by atoms with van der Waals surface area (Å²) in [6.45, 7) is 1.99. The van der Waals surface area contributed by atoms with Crippen molar-refractivity contribution < 1.29 is 5.11 Å². The van der Waals surface area contributed by atoms with Crippen LogP contribution in [-0.2, 0) is 0 Å². The maximum atomic E-state index is 9.54. The highest BCUT2D eigenvalue weighted by atomic mass is 16.3. The first-order chi connectivity index (χ1) is 8.21. The van der Waals surface area contributed by atoms with E-state index in [1.807, 2.05) is 13.0 Å². The van der Waals surface area contributed by atoms with Gasteiger partial charge in [0.25, 0.3) is 0 Å². The molecule has 0 bridgehead atoms. The molecule has 0 radical (unpaired) electrons. The van der Waals surface area contributed by atoms with Gasteiger partial charge >= 0.3 is 0 Å². The lowest BCUT2D eigenvalue weighted by molar-refractivity contribution is 0.214. The van der Waals surface area contributed by atoms with Gasteiger partial charge in [-0.2, -0.15) is 5.26 Å². The zero-order chi connectivity index (χ0) is 12.3. The monoisotopic (exact) mass is 231 g/mol. The van der Waals surface area contributed by atoms with Crippen molar-refractivity contribution in [2.24, 2.45) is 0 Å². The van der Waals surface area contributed by atoms with Gasteiger partial charge in [-0.3, -0.25) is 0 Å². The topological polar surface area (TPSA) is 68.9 Å². The standard InChI is InChI=1S/C13H17N3O/c1-10-4-7-15-12(11(10)8-14)16-13(9-17)5-2-3-6-13/h4,7,17H,2-3,5-6,9H2,1H3,(H,15,16). The first kappa shape index (κ1) is 11.9. The molecule has 2 rings (SSSR count). The predicted molar refractivity (Wildman–Crippen MR) is 65.6 cm³/mol. The maximum Gasteiger partial charge on any atom is 0.144 e. The van der Waals surface area contributed by atoms with Crippen molar-refractivity contribution in [1.82, 2.24) is 4.98 Å². The fourth-order valence-corrected chi connectivity index (χ4v) is 2.42. The lowest BCUT2D eigenvalue weighted by atomic mass is 9.98. The van der Waals surface area contributed by atoms with Gasteiger partial charge in [0, 0.05) is 6.20 Å². The van der Waals surface area contributed by atoms with Crippen LogP contribution in [0.3, 0.4) is 0 Å². The minimum atomic E-state index is -0.285. The highest BCUT2D eigenvalue weighted by molar-refractivity contribution is 5.56. The van der Waals surface area contributed by atoms with Crippen molar-refractivity contribution in [3.05, 3.63) is 23.4 Å². The van der Waals surface area contributed by atoms with E-state index in [2.05, 4.69) is 16.4 Å². The molecule has 4 heteroatoms. The molecule has 1 fully saturated rings. The molecule has 0 aromatic carbocycles. The van der Waals surface area contributed by atoms with Crippen LogP contribution in [0, 0.1) is 18.3 Å². The van der Waals surface area contributed by atoms with Gasteiger partial charge < -0.3 is 10.4 Å². The van der Waals surface area contributed by atoms with Gasteiger partial charge in [-0.1, -0.05) is 12.8 Å². The summed E-state index contributed by atoms with van der Waals surface area (Å²) in [4.78, 5) is 4.22. The largest absolute Gasteiger partial charge is 0.394 e. The highest BCUT2D eigenvalue weighted by Crippen LogP contribution is 2.33. The van der Waals surface area contributed by atoms with Crippen molar-refractivity contribution in [3.8, 4) is 6.07 Å². The summed E-state index contributed by atoms with van der Waals surface area (Å²) in [6, 6.07) is 4.00. The van der Waals surface area contributed by atoms with Crippen molar-refractivity contribution >= 4 is 5.82 Å². The quantitative estimate of drug-likeness (QED) is 0.834. The van der Waals surface area contributed by atoms with E-state index in [0.29, 0.717) is 11.4 Å². The molecule has 1 saturated carbocycles. The zero-order valence-corrected chi connectivity index (χ0v) is 10.0. The van der Waals surface area contributed by atoms with Gasteiger partial charge in [-0.15, -0.1) is 0 Å². The van der Waals surface area contributed by atoms with Gasteiger partial charge in [0.1, 0.15) is 11.9 Å². The normalized spacial score (nSPS) is 17.7. The Morgan fingerprint density at radius 1 is 1.53 bits per heavy atom. The van der Waals surface area contributed by atoms with Gasteiger partial charge in [0.2, 0.25) is 0 Å². The fraction of sp³-hybridized carbons (Fsp3) is 0.538. The summed E-state index contributed by atoms with van der Waals surface area (Å²) in [7, 11) is 0. The molecule has 1 aliphatic rings. The molecule has 1 aromatic rings. The summed E-state index contributed by atoms with van der Waals surface area (Å²) in [5.41, 5.74) is 1.20. The van der Waals surface area contributed by atoms with E-state index >= 15 is 0 Å². The van der Waals surface area contributed by atoms with Gasteiger partial charge in [-0.05, 0) is 31.4 Å². The lowest BCUT2D eigenvalue weighted by Gasteiger charge is -2.29. The van der Waals surface area contributed by atoms with Crippen LogP contribution in [0.1, 0.15) is 36.8 Å². The number of hydrogen-bond acceptors (Lipinski definition) is 4. The molecule has 4 nitrogen and oxygen atoms in total. The molecule has 1 aromatic heterocycles. The molecule has 1 aliphatic carbocycles. The third-order valence-electron chi connectivity index (χ3n) is 3.52. The third-order valence-corrected chi connectivity index (χ3v) is 3.52. The van der Waals surface area contributed by atoms with Gasteiger partial charge in [0.05, 0.1) is 17.7 Å². The first-order valence-electron chi connectivity index (χ1n) is 5.95. The van der Waals surface area contributed by atoms with Crippen LogP contribution < -0.4 is 5.32 Å². The number of aryl methyl sites for hydroxylation is 1. The predicted octanol–water partition coefficient (Wildman–Crippen LogP) is 1.98. The average molecular weight is 231 g/mol. The number of anilines is 1. The Hall–Kier alpha value is -1.60. The van der Waals surface area contributed by atoms with Crippen LogP contribution in [0.5, 0.6) is 0 Å². The second kappa shape index (κ2) is 4.72. The minimum absolute atomic E-state index is 0.0908. The minimum Gasteiger partial charge on any atom is -0.394 e. The molecule has 17 heavy (non-hydrogen) atoms. The van der Waals surface area contributed by atoms with Crippen LogP contribution in [0.2, 0.25) is 0 Å². The van der Waals surface area contributed by atoms with E-state index in [0.717, 1.165) is 31.2 Å². The Morgan fingerprint density at radius 3 is 2.82 bits per heavy atom. The molecule has 1 heterocycles. The molecule has 0 unspecified atom stereocenters. The Kier molecular flexibility index (Phi) is 3.30. The van der Waals surface area contributed by atoms with Crippen LogP contribution in [0.4, 0.5) is 5.82 Å². The Labute approximate surface area is 101 Å². The van der Waals surface area contributed by atoms with Crippen LogP contribution in [0.25, 0.3) is 0 Å². The molecule has 0 saturated heterocycles. The van der Waals surface area contributed by atoms with Crippen LogP contribution in [-0.4, -0.2) is 22.2 Å². The van der Waals surface area contributed by atoms with Crippen LogP contribution in [0.15, 0.2) is 12.3 Å². The number of pyridine rings is 1. The van der Waals surface area contributed by atoms with Gasteiger partial charge in [-0.25, -0.2) is 4.98 Å². The molecule has 0 spiro atoms. The third kappa shape index (κ3) is 2.25. The van der Waals surface area contributed by atoms with E-state index in [9.17, 15) is 5.11 Å². The Bertz CT molecular complexity index is 444. The van der Waals surface area contributed by atoms with E-state index in [1.54, 1.807) is 6.20 Å². The van der Waals surface area contributed by atoms with E-state index in [1.165, 1.54) is 0 Å². The fourth-order valence-electron chi connectivity index (χ4n) is 2.42. The average Bonchev–Trinajstić information content (AvgIpc) is 2.79. The molecule has 0 aliphatic heterocycles. The summed E-state index contributed by atoms with van der Waals surface area (Å²) >= 11 is 0. The SMILES string of the molecule is Cc1ccnc(NC2(CO)CCCC2)c1C#N. The second-order valence-electron chi connectivity index (χ2n) is 4.73. The summed E-state index contributed by atoms with van der Waals surface area (Å²) in [5, 5.41) is 22.0. The number of hydrogen-bond donors (Lipinski definition) is 2. The van der Waals surface area contributed by atoms with Crippen LogP contribution >= 0.6 is 0 Å². The van der Waals surface area contributed by atoms with Crippen molar-refractivity contribution in [2.75, 3.05) is 11.9 Å². The van der Waals surface area contributed by atoms with Crippen molar-refractivity contribution in [1.29, 1.82) is 5.26 Å². The molecule has 0 atom stereocenters. The Balaban J connectivity index is 2.30. The lowest BCUT2D eigenvalue weighted by Crippen LogP contribution is -2.39. The van der Waals surface area contributed by atoms with Crippen molar-refractivity contribution in [2.45, 2.75) is 38.1 Å². The van der Waals surface area contributed by atoms with E-state index in [4.69, 9.17) is 5.26 Å². The smallest absolute Gasteiger partial charge is 0.144 e. The summed E-state index contributed by atoms with van der Waals surface area (Å²) in [5.74, 6) is 0.600. The number of aromatic nitrogens is 1. The molecule has 90 valence electrons. The highest BCUT2D eigenvalue weighted by Gasteiger charge is 2.34. The number of nitrogens with one attached hydrogen (secondary N) is 1.